The largest absolute Gasteiger partial charge is 0.482 e. The molecular formula is C15H16Cl2N4O2. The third kappa shape index (κ3) is 3.95. The van der Waals surface area contributed by atoms with Gasteiger partial charge in [0.2, 0.25) is 0 Å². The minimum Gasteiger partial charge on any atom is -0.482 e. The molecule has 1 fully saturated rings. The number of carbonyl (C=O) groups excluding carboxylic acids is 1. The number of rotatable bonds is 4. The Balaban J connectivity index is 1.50. The van der Waals surface area contributed by atoms with E-state index in [1.807, 2.05) is 0 Å². The lowest BCUT2D eigenvalue weighted by atomic mass is 10.1. The number of piperidine rings is 1. The Labute approximate surface area is 143 Å². The summed E-state index contributed by atoms with van der Waals surface area (Å²) in [4.78, 5) is 15.7. The summed E-state index contributed by atoms with van der Waals surface area (Å²) in [6, 6.07) is 5.18. The number of hydrogen-bond acceptors (Lipinski definition) is 4. The molecule has 23 heavy (non-hydrogen) atoms. The monoisotopic (exact) mass is 354 g/mol. The van der Waals surface area contributed by atoms with Gasteiger partial charge in [-0.2, -0.15) is 15.0 Å². The van der Waals surface area contributed by atoms with Crippen molar-refractivity contribution >= 4 is 29.1 Å². The van der Waals surface area contributed by atoms with Crippen molar-refractivity contribution in [3.63, 3.8) is 0 Å². The van der Waals surface area contributed by atoms with Gasteiger partial charge >= 0.3 is 0 Å². The molecule has 122 valence electrons. The molecule has 6 nitrogen and oxygen atoms in total. The van der Waals surface area contributed by atoms with Gasteiger partial charge in [-0.25, -0.2) is 0 Å². The molecule has 2 heterocycles. The molecule has 3 rings (SSSR count). The summed E-state index contributed by atoms with van der Waals surface area (Å²) in [5.41, 5.74) is 0. The Kier molecular flexibility index (Phi) is 5.03. The van der Waals surface area contributed by atoms with Crippen LogP contribution in [0.15, 0.2) is 30.6 Å². The molecule has 1 amide bonds. The predicted molar refractivity (Wildman–Crippen MR) is 86.8 cm³/mol. The first-order valence-corrected chi connectivity index (χ1v) is 8.10. The number of nitrogens with zero attached hydrogens (tertiary/aromatic N) is 4. The van der Waals surface area contributed by atoms with Crippen LogP contribution in [0, 0.1) is 0 Å². The highest BCUT2D eigenvalue weighted by molar-refractivity contribution is 6.35. The van der Waals surface area contributed by atoms with Gasteiger partial charge in [0.15, 0.2) is 6.61 Å². The van der Waals surface area contributed by atoms with E-state index in [-0.39, 0.29) is 18.6 Å². The van der Waals surface area contributed by atoms with Crippen LogP contribution in [-0.4, -0.2) is 45.5 Å². The third-order valence-corrected chi connectivity index (χ3v) is 4.36. The number of aromatic nitrogens is 3. The molecule has 1 aromatic heterocycles. The Morgan fingerprint density at radius 1 is 1.22 bits per heavy atom. The summed E-state index contributed by atoms with van der Waals surface area (Å²) in [6.45, 7) is 1.30. The van der Waals surface area contributed by atoms with Crippen LogP contribution >= 0.6 is 23.2 Å². The molecule has 0 aliphatic carbocycles. The average Bonchev–Trinajstić information content (AvgIpc) is 3.08. The van der Waals surface area contributed by atoms with E-state index < -0.39 is 0 Å². The van der Waals surface area contributed by atoms with Gasteiger partial charge in [0, 0.05) is 18.1 Å². The number of amides is 1. The quantitative estimate of drug-likeness (QED) is 0.846. The molecule has 0 bridgehead atoms. The van der Waals surface area contributed by atoms with Gasteiger partial charge in [-0.15, -0.1) is 0 Å². The second kappa shape index (κ2) is 7.19. The smallest absolute Gasteiger partial charge is 0.260 e. The fourth-order valence-corrected chi connectivity index (χ4v) is 3.05. The normalized spacial score (nSPS) is 15.7. The first kappa shape index (κ1) is 16.1. The number of hydrogen-bond donors (Lipinski definition) is 0. The lowest BCUT2D eigenvalue weighted by Crippen LogP contribution is -2.41. The van der Waals surface area contributed by atoms with Gasteiger partial charge < -0.3 is 9.64 Å². The fourth-order valence-electron chi connectivity index (χ4n) is 2.58. The Hall–Kier alpha value is -1.79. The van der Waals surface area contributed by atoms with Crippen LogP contribution in [0.4, 0.5) is 0 Å². The zero-order valence-corrected chi connectivity index (χ0v) is 13.9. The second-order valence-corrected chi connectivity index (χ2v) is 6.17. The highest BCUT2D eigenvalue weighted by atomic mass is 35.5. The molecule has 0 atom stereocenters. The topological polar surface area (TPSA) is 60.2 Å². The van der Waals surface area contributed by atoms with Crippen molar-refractivity contribution < 1.29 is 9.53 Å². The Morgan fingerprint density at radius 2 is 1.91 bits per heavy atom. The molecule has 0 saturated carbocycles. The van der Waals surface area contributed by atoms with E-state index in [0.29, 0.717) is 28.9 Å². The summed E-state index contributed by atoms with van der Waals surface area (Å²) in [5.74, 6) is 0.405. The van der Waals surface area contributed by atoms with Gasteiger partial charge in [0.1, 0.15) is 5.75 Å². The molecule has 0 unspecified atom stereocenters. The summed E-state index contributed by atoms with van der Waals surface area (Å²) in [5, 5.41) is 9.24. The molecule has 0 spiro atoms. The van der Waals surface area contributed by atoms with Crippen molar-refractivity contribution in [2.45, 2.75) is 18.9 Å². The standard InChI is InChI=1S/C15H16Cl2N4O2/c16-11-1-2-14(13(17)9-11)23-10-15(22)20-7-3-12(4-8-20)21-18-5-6-19-21/h1-2,5-6,9,12H,3-4,7-8,10H2. The molecule has 1 saturated heterocycles. The zero-order valence-electron chi connectivity index (χ0n) is 12.4. The van der Waals surface area contributed by atoms with E-state index in [0.717, 1.165) is 12.8 Å². The van der Waals surface area contributed by atoms with Crippen molar-refractivity contribution in [1.29, 1.82) is 0 Å². The SMILES string of the molecule is O=C(COc1ccc(Cl)cc1Cl)N1CCC(n2nccn2)CC1. The summed E-state index contributed by atoms with van der Waals surface area (Å²) in [7, 11) is 0. The van der Waals surface area contributed by atoms with Crippen LogP contribution < -0.4 is 4.74 Å². The summed E-state index contributed by atoms with van der Waals surface area (Å²) in [6.07, 6.45) is 5.01. The van der Waals surface area contributed by atoms with Crippen molar-refractivity contribution in [2.75, 3.05) is 19.7 Å². The van der Waals surface area contributed by atoms with E-state index in [1.54, 1.807) is 40.3 Å². The van der Waals surface area contributed by atoms with E-state index in [9.17, 15) is 4.79 Å². The average molecular weight is 355 g/mol. The summed E-state index contributed by atoms with van der Waals surface area (Å²) >= 11 is 11.9. The molecule has 1 aromatic carbocycles. The van der Waals surface area contributed by atoms with Crippen LogP contribution in [0.5, 0.6) is 5.75 Å². The van der Waals surface area contributed by atoms with Crippen LogP contribution in [-0.2, 0) is 4.79 Å². The minimum atomic E-state index is -0.0529. The van der Waals surface area contributed by atoms with Gasteiger partial charge in [0.05, 0.1) is 23.5 Å². The van der Waals surface area contributed by atoms with Crippen molar-refractivity contribution in [3.05, 3.63) is 40.6 Å². The van der Waals surface area contributed by atoms with E-state index in [4.69, 9.17) is 27.9 Å². The van der Waals surface area contributed by atoms with E-state index >= 15 is 0 Å². The number of ether oxygens (including phenoxy) is 1. The number of halogens is 2. The molecular weight excluding hydrogens is 339 g/mol. The summed E-state index contributed by atoms with van der Waals surface area (Å²) < 4.78 is 5.49. The van der Waals surface area contributed by atoms with E-state index in [1.165, 1.54) is 0 Å². The van der Waals surface area contributed by atoms with Crippen molar-refractivity contribution in [3.8, 4) is 5.75 Å². The highest BCUT2D eigenvalue weighted by Gasteiger charge is 2.25. The van der Waals surface area contributed by atoms with Crippen LogP contribution in [0.3, 0.4) is 0 Å². The molecule has 1 aliphatic heterocycles. The Morgan fingerprint density at radius 3 is 2.57 bits per heavy atom. The Bertz CT molecular complexity index is 670. The van der Waals surface area contributed by atoms with Crippen LogP contribution in [0.1, 0.15) is 18.9 Å². The van der Waals surface area contributed by atoms with Gasteiger partial charge in [-0.3, -0.25) is 4.79 Å². The van der Waals surface area contributed by atoms with Crippen molar-refractivity contribution in [1.82, 2.24) is 19.9 Å². The second-order valence-electron chi connectivity index (χ2n) is 5.32. The third-order valence-electron chi connectivity index (χ3n) is 3.83. The maximum atomic E-state index is 12.2. The maximum Gasteiger partial charge on any atom is 0.260 e. The van der Waals surface area contributed by atoms with Crippen molar-refractivity contribution in [2.24, 2.45) is 0 Å². The molecule has 0 radical (unpaired) electrons. The first-order chi connectivity index (χ1) is 11.1. The fraction of sp³-hybridized carbons (Fsp3) is 0.400. The van der Waals surface area contributed by atoms with Gasteiger partial charge in [0.25, 0.3) is 5.91 Å². The molecule has 1 aliphatic rings. The first-order valence-electron chi connectivity index (χ1n) is 7.35. The lowest BCUT2D eigenvalue weighted by Gasteiger charge is -2.31. The predicted octanol–water partition coefficient (Wildman–Crippen LogP) is 2.83. The minimum absolute atomic E-state index is 0.0357. The maximum absolute atomic E-state index is 12.2. The molecule has 0 N–H and O–H groups in total. The lowest BCUT2D eigenvalue weighted by molar-refractivity contribution is -0.134. The number of benzene rings is 1. The van der Waals surface area contributed by atoms with Crippen LogP contribution in [0.25, 0.3) is 0 Å². The molecule has 8 heteroatoms. The van der Waals surface area contributed by atoms with Gasteiger partial charge in [-0.1, -0.05) is 23.2 Å². The van der Waals surface area contributed by atoms with E-state index in [2.05, 4.69) is 10.2 Å². The number of carbonyl (C=O) groups is 1. The van der Waals surface area contributed by atoms with Crippen LogP contribution in [0.2, 0.25) is 10.0 Å². The number of likely N-dealkylation sites (tertiary alicyclic amines) is 1. The highest BCUT2D eigenvalue weighted by Crippen LogP contribution is 2.27. The zero-order chi connectivity index (χ0) is 16.2. The van der Waals surface area contributed by atoms with Gasteiger partial charge in [-0.05, 0) is 31.0 Å². The molecule has 2 aromatic rings.